The van der Waals surface area contributed by atoms with Crippen LogP contribution in [-0.2, 0) is 12.0 Å². The van der Waals surface area contributed by atoms with E-state index >= 15 is 0 Å². The number of guanidine groups is 1. The fourth-order valence-corrected chi connectivity index (χ4v) is 2.12. The Morgan fingerprint density at radius 3 is 2.52 bits per heavy atom. The lowest BCUT2D eigenvalue weighted by Crippen LogP contribution is -2.41. The van der Waals surface area contributed by atoms with E-state index in [9.17, 15) is 0 Å². The van der Waals surface area contributed by atoms with Crippen LogP contribution in [0.25, 0.3) is 0 Å². The number of nitrogens with one attached hydrogen (secondary N) is 2. The first-order valence-corrected chi connectivity index (χ1v) is 9.02. The van der Waals surface area contributed by atoms with Crippen LogP contribution >= 0.6 is 24.0 Å². The quantitative estimate of drug-likeness (QED) is 0.333. The zero-order valence-electron chi connectivity index (χ0n) is 16.7. The second-order valence-electron chi connectivity index (χ2n) is 7.15. The molecule has 0 saturated heterocycles. The molecule has 0 bridgehead atoms. The van der Waals surface area contributed by atoms with Crippen LogP contribution < -0.4 is 10.6 Å². The minimum absolute atomic E-state index is 0. The molecule has 1 aromatic heterocycles. The fourth-order valence-electron chi connectivity index (χ4n) is 2.12. The number of aliphatic imine (C=N–C) groups is 1. The number of oxazole rings is 1. The van der Waals surface area contributed by atoms with Crippen molar-refractivity contribution in [3.63, 3.8) is 0 Å². The summed E-state index contributed by atoms with van der Waals surface area (Å²) in [5.41, 5.74) is -0.0270. The molecule has 0 atom stereocenters. The molecular formula is C18H36IN5O. The molecule has 146 valence electrons. The molecule has 0 aliphatic carbocycles. The van der Waals surface area contributed by atoms with Crippen LogP contribution in [0.1, 0.15) is 59.1 Å². The van der Waals surface area contributed by atoms with Crippen LogP contribution in [0.15, 0.2) is 15.6 Å². The molecule has 2 N–H and O–H groups in total. The van der Waals surface area contributed by atoms with Gasteiger partial charge in [0.25, 0.3) is 0 Å². The average Bonchev–Trinajstić information content (AvgIpc) is 2.99. The molecular weight excluding hydrogens is 429 g/mol. The number of hydrogen-bond donors (Lipinski definition) is 2. The van der Waals surface area contributed by atoms with Crippen LogP contribution in [-0.4, -0.2) is 49.1 Å². The number of unbranched alkanes of at least 4 members (excludes halogenated alkanes) is 1. The highest BCUT2D eigenvalue weighted by Gasteiger charge is 2.18. The zero-order valence-corrected chi connectivity index (χ0v) is 19.0. The van der Waals surface area contributed by atoms with Gasteiger partial charge in [-0.05, 0) is 26.9 Å². The van der Waals surface area contributed by atoms with Crippen LogP contribution in [0, 0.1) is 0 Å². The average molecular weight is 465 g/mol. The second-order valence-corrected chi connectivity index (χ2v) is 7.15. The number of halogens is 1. The summed E-state index contributed by atoms with van der Waals surface area (Å²) in [6, 6.07) is 0. The van der Waals surface area contributed by atoms with Crippen molar-refractivity contribution in [1.82, 2.24) is 20.5 Å². The first-order valence-electron chi connectivity index (χ1n) is 9.02. The van der Waals surface area contributed by atoms with Crippen molar-refractivity contribution in [3.05, 3.63) is 17.8 Å². The van der Waals surface area contributed by atoms with E-state index in [1.165, 1.54) is 12.8 Å². The summed E-state index contributed by atoms with van der Waals surface area (Å²) in [6.45, 7) is 14.9. The lowest BCUT2D eigenvalue weighted by Gasteiger charge is -2.17. The molecule has 0 saturated carbocycles. The van der Waals surface area contributed by atoms with Gasteiger partial charge in [-0.3, -0.25) is 0 Å². The molecule has 1 heterocycles. The Kier molecular flexibility index (Phi) is 12.1. The Bertz CT molecular complexity index is 496. The van der Waals surface area contributed by atoms with E-state index in [4.69, 9.17) is 4.42 Å². The van der Waals surface area contributed by atoms with E-state index < -0.39 is 0 Å². The van der Waals surface area contributed by atoms with Crippen LogP contribution in [0.4, 0.5) is 0 Å². The van der Waals surface area contributed by atoms with Crippen molar-refractivity contribution < 1.29 is 4.42 Å². The van der Waals surface area contributed by atoms with Crippen LogP contribution in [0.2, 0.25) is 0 Å². The number of aromatic nitrogens is 1. The molecule has 0 radical (unpaired) electrons. The van der Waals surface area contributed by atoms with E-state index in [0.29, 0.717) is 12.4 Å². The third kappa shape index (κ3) is 10.0. The molecule has 1 rings (SSSR count). The molecule has 0 fully saturated rings. The third-order valence-corrected chi connectivity index (χ3v) is 3.69. The van der Waals surface area contributed by atoms with Crippen molar-refractivity contribution in [2.45, 2.75) is 59.4 Å². The Balaban J connectivity index is 0.00000576. The van der Waals surface area contributed by atoms with Crippen molar-refractivity contribution >= 4 is 29.9 Å². The number of rotatable bonds is 9. The largest absolute Gasteiger partial charge is 0.443 e. The standard InChI is InChI=1S/C18H35N5O.HI/c1-7-9-11-23(6)12-10-20-17(19-8-2)22-14-16-21-13-15(24-16)18(3,4)5;/h13H,7-12,14H2,1-6H3,(H2,19,20,22);1H. The highest BCUT2D eigenvalue weighted by atomic mass is 127. The normalized spacial score (nSPS) is 12.2. The molecule has 7 heteroatoms. The van der Waals surface area contributed by atoms with Gasteiger partial charge in [0.1, 0.15) is 12.3 Å². The van der Waals surface area contributed by atoms with E-state index in [0.717, 1.165) is 37.9 Å². The number of nitrogens with zero attached hydrogens (tertiary/aromatic N) is 3. The Hall–Kier alpha value is -0.830. The maximum Gasteiger partial charge on any atom is 0.216 e. The first-order chi connectivity index (χ1) is 11.4. The van der Waals surface area contributed by atoms with Crippen molar-refractivity contribution in [1.29, 1.82) is 0 Å². The molecule has 0 aliphatic rings. The smallest absolute Gasteiger partial charge is 0.216 e. The molecule has 0 unspecified atom stereocenters. The predicted molar refractivity (Wildman–Crippen MR) is 116 cm³/mol. The summed E-state index contributed by atoms with van der Waals surface area (Å²) < 4.78 is 5.78. The minimum Gasteiger partial charge on any atom is -0.443 e. The summed E-state index contributed by atoms with van der Waals surface area (Å²) in [4.78, 5) is 11.2. The van der Waals surface area contributed by atoms with Gasteiger partial charge in [-0.25, -0.2) is 9.98 Å². The van der Waals surface area contributed by atoms with Gasteiger partial charge in [-0.2, -0.15) is 0 Å². The monoisotopic (exact) mass is 465 g/mol. The lowest BCUT2D eigenvalue weighted by molar-refractivity contribution is 0.332. The maximum atomic E-state index is 5.78. The molecule has 0 amide bonds. The fraction of sp³-hybridized carbons (Fsp3) is 0.778. The van der Waals surface area contributed by atoms with Gasteiger partial charge in [-0.15, -0.1) is 24.0 Å². The summed E-state index contributed by atoms with van der Waals surface area (Å²) in [5.74, 6) is 2.34. The van der Waals surface area contributed by atoms with Gasteiger partial charge in [0.15, 0.2) is 5.96 Å². The number of likely N-dealkylation sites (N-methyl/N-ethyl adjacent to an activating group) is 1. The van der Waals surface area contributed by atoms with Gasteiger partial charge in [0.05, 0.1) is 6.20 Å². The highest BCUT2D eigenvalue weighted by Crippen LogP contribution is 2.22. The lowest BCUT2D eigenvalue weighted by atomic mass is 9.94. The molecule has 0 aromatic carbocycles. The maximum absolute atomic E-state index is 5.78. The highest BCUT2D eigenvalue weighted by molar-refractivity contribution is 14.0. The van der Waals surface area contributed by atoms with Gasteiger partial charge in [0.2, 0.25) is 5.89 Å². The molecule has 1 aromatic rings. The van der Waals surface area contributed by atoms with Gasteiger partial charge < -0.3 is 20.0 Å². The second kappa shape index (κ2) is 12.5. The Labute approximate surface area is 170 Å². The molecule has 25 heavy (non-hydrogen) atoms. The summed E-state index contributed by atoms with van der Waals surface area (Å²) in [5, 5.41) is 6.62. The van der Waals surface area contributed by atoms with E-state index in [1.54, 1.807) is 6.20 Å². The van der Waals surface area contributed by atoms with Gasteiger partial charge in [-0.1, -0.05) is 34.1 Å². The molecule has 0 spiro atoms. The summed E-state index contributed by atoms with van der Waals surface area (Å²) in [7, 11) is 2.15. The van der Waals surface area contributed by atoms with E-state index in [-0.39, 0.29) is 29.4 Å². The topological polar surface area (TPSA) is 65.7 Å². The minimum atomic E-state index is -0.0270. The summed E-state index contributed by atoms with van der Waals surface area (Å²) >= 11 is 0. The molecule has 6 nitrogen and oxygen atoms in total. The molecule has 0 aliphatic heterocycles. The predicted octanol–water partition coefficient (Wildman–Crippen LogP) is 3.38. The Morgan fingerprint density at radius 1 is 1.24 bits per heavy atom. The van der Waals surface area contributed by atoms with Crippen LogP contribution in [0.5, 0.6) is 0 Å². The van der Waals surface area contributed by atoms with Gasteiger partial charge >= 0.3 is 0 Å². The van der Waals surface area contributed by atoms with Gasteiger partial charge in [0, 0.05) is 25.0 Å². The summed E-state index contributed by atoms with van der Waals surface area (Å²) in [6.07, 6.45) is 4.27. The van der Waals surface area contributed by atoms with Crippen molar-refractivity contribution in [2.24, 2.45) is 4.99 Å². The van der Waals surface area contributed by atoms with E-state index in [2.05, 4.69) is 67.2 Å². The zero-order chi connectivity index (χ0) is 18.0. The first kappa shape index (κ1) is 24.2. The number of hydrogen-bond acceptors (Lipinski definition) is 4. The third-order valence-electron chi connectivity index (χ3n) is 3.69. The van der Waals surface area contributed by atoms with Crippen molar-refractivity contribution in [2.75, 3.05) is 33.2 Å². The van der Waals surface area contributed by atoms with Crippen LogP contribution in [0.3, 0.4) is 0 Å². The van der Waals surface area contributed by atoms with Crippen molar-refractivity contribution in [3.8, 4) is 0 Å². The van der Waals surface area contributed by atoms with E-state index in [1.807, 2.05) is 0 Å². The Morgan fingerprint density at radius 2 is 1.96 bits per heavy atom. The SMILES string of the molecule is CCCCN(C)CCNC(=NCc1ncc(C(C)(C)C)o1)NCC.I.